The molecule has 1 heterocycles. The molecule has 2 rings (SSSR count). The molecule has 2 atom stereocenters. The maximum Gasteiger partial charge on any atom is 0.221 e. The number of nitrogens with one attached hydrogen (secondary N) is 1. The van der Waals surface area contributed by atoms with Crippen molar-refractivity contribution in [2.75, 3.05) is 46.4 Å². The highest BCUT2D eigenvalue weighted by Gasteiger charge is 2.23. The highest BCUT2D eigenvalue weighted by Crippen LogP contribution is 2.12. The van der Waals surface area contributed by atoms with Gasteiger partial charge in [-0.1, -0.05) is 30.3 Å². The summed E-state index contributed by atoms with van der Waals surface area (Å²) in [6.07, 6.45) is 0.558. The average Bonchev–Trinajstić information content (AvgIpc) is 2.60. The summed E-state index contributed by atoms with van der Waals surface area (Å²) < 4.78 is 5.16. The van der Waals surface area contributed by atoms with Gasteiger partial charge >= 0.3 is 0 Å². The Hall–Kier alpha value is -1.43. The lowest BCUT2D eigenvalue weighted by atomic mass is 10.1. The van der Waals surface area contributed by atoms with Crippen LogP contribution in [0.2, 0.25) is 0 Å². The monoisotopic (exact) mass is 333 g/mol. The van der Waals surface area contributed by atoms with Gasteiger partial charge in [0.2, 0.25) is 5.91 Å². The predicted molar refractivity (Wildman–Crippen MR) is 97.0 cm³/mol. The van der Waals surface area contributed by atoms with Gasteiger partial charge in [0.05, 0.1) is 12.6 Å². The molecule has 134 valence electrons. The number of nitrogens with zero attached hydrogens (tertiary/aromatic N) is 2. The Morgan fingerprint density at radius 1 is 1.29 bits per heavy atom. The quantitative estimate of drug-likeness (QED) is 0.789. The third-order valence-electron chi connectivity index (χ3n) is 4.76. The van der Waals surface area contributed by atoms with Crippen LogP contribution in [0, 0.1) is 0 Å². The maximum atomic E-state index is 12.2. The largest absolute Gasteiger partial charge is 0.383 e. The fraction of sp³-hybridized carbons (Fsp3) is 0.632. The second-order valence-corrected chi connectivity index (χ2v) is 6.63. The highest BCUT2D eigenvalue weighted by molar-refractivity contribution is 5.76. The standard InChI is InChI=1S/C19H31N3O2/c1-16-15-21(11-12-22(16)13-14-24-3)10-9-19(23)20-17(2)18-7-5-4-6-8-18/h4-8,16-17H,9-15H2,1-3H3,(H,20,23)/t16-,17+/m1/s1. The van der Waals surface area contributed by atoms with Crippen molar-refractivity contribution in [1.29, 1.82) is 0 Å². The number of amides is 1. The van der Waals surface area contributed by atoms with E-state index in [1.54, 1.807) is 7.11 Å². The molecule has 1 aliphatic heterocycles. The van der Waals surface area contributed by atoms with Gasteiger partial charge in [-0.15, -0.1) is 0 Å². The van der Waals surface area contributed by atoms with Crippen LogP contribution in [-0.2, 0) is 9.53 Å². The van der Waals surface area contributed by atoms with E-state index in [0.717, 1.165) is 44.9 Å². The van der Waals surface area contributed by atoms with Gasteiger partial charge < -0.3 is 15.0 Å². The first-order valence-electron chi connectivity index (χ1n) is 8.89. The second kappa shape index (κ2) is 9.77. The predicted octanol–water partition coefficient (Wildman–Crippen LogP) is 1.91. The molecule has 1 aliphatic rings. The van der Waals surface area contributed by atoms with Gasteiger partial charge in [-0.3, -0.25) is 9.69 Å². The number of ether oxygens (including phenoxy) is 1. The summed E-state index contributed by atoms with van der Waals surface area (Å²) in [7, 11) is 1.75. The molecule has 0 spiro atoms. The van der Waals surface area contributed by atoms with Crippen molar-refractivity contribution in [3.63, 3.8) is 0 Å². The summed E-state index contributed by atoms with van der Waals surface area (Å²) in [6, 6.07) is 10.7. The lowest BCUT2D eigenvalue weighted by Crippen LogP contribution is -2.53. The summed E-state index contributed by atoms with van der Waals surface area (Å²) >= 11 is 0. The van der Waals surface area contributed by atoms with Crippen LogP contribution < -0.4 is 5.32 Å². The van der Waals surface area contributed by atoms with Crippen LogP contribution in [0.3, 0.4) is 0 Å². The van der Waals surface area contributed by atoms with Crippen molar-refractivity contribution < 1.29 is 9.53 Å². The minimum absolute atomic E-state index is 0.0588. The first-order chi connectivity index (χ1) is 11.6. The van der Waals surface area contributed by atoms with Gasteiger partial charge in [0.15, 0.2) is 0 Å². The number of hydrogen-bond donors (Lipinski definition) is 1. The third-order valence-corrected chi connectivity index (χ3v) is 4.76. The second-order valence-electron chi connectivity index (χ2n) is 6.63. The highest BCUT2D eigenvalue weighted by atomic mass is 16.5. The van der Waals surface area contributed by atoms with E-state index in [1.165, 1.54) is 0 Å². The van der Waals surface area contributed by atoms with Crippen molar-refractivity contribution in [2.24, 2.45) is 0 Å². The Balaban J connectivity index is 1.69. The van der Waals surface area contributed by atoms with E-state index in [0.29, 0.717) is 12.5 Å². The lowest BCUT2D eigenvalue weighted by Gasteiger charge is -2.39. The van der Waals surface area contributed by atoms with Crippen molar-refractivity contribution in [3.05, 3.63) is 35.9 Å². The number of piperazine rings is 1. The maximum absolute atomic E-state index is 12.2. The topological polar surface area (TPSA) is 44.8 Å². The zero-order valence-corrected chi connectivity index (χ0v) is 15.2. The van der Waals surface area contributed by atoms with Crippen molar-refractivity contribution >= 4 is 5.91 Å². The fourth-order valence-corrected chi connectivity index (χ4v) is 3.21. The normalized spacial score (nSPS) is 20.7. The molecule has 0 aromatic heterocycles. The Bertz CT molecular complexity index is 495. The summed E-state index contributed by atoms with van der Waals surface area (Å²) in [6.45, 7) is 9.97. The fourth-order valence-electron chi connectivity index (χ4n) is 3.21. The van der Waals surface area contributed by atoms with E-state index in [2.05, 4.69) is 22.0 Å². The van der Waals surface area contributed by atoms with Crippen molar-refractivity contribution in [3.8, 4) is 0 Å². The molecule has 1 aromatic carbocycles. The van der Waals surface area contributed by atoms with E-state index >= 15 is 0 Å². The minimum Gasteiger partial charge on any atom is -0.383 e. The minimum atomic E-state index is 0.0588. The van der Waals surface area contributed by atoms with E-state index < -0.39 is 0 Å². The Labute approximate surface area is 146 Å². The molecule has 1 amide bonds. The van der Waals surface area contributed by atoms with Crippen molar-refractivity contribution in [2.45, 2.75) is 32.4 Å². The summed E-state index contributed by atoms with van der Waals surface area (Å²) in [5.41, 5.74) is 1.14. The SMILES string of the molecule is COCCN1CCN(CCC(=O)N[C@@H](C)c2ccccc2)C[C@H]1C. The Kier molecular flexibility index (Phi) is 7.69. The Morgan fingerprint density at radius 2 is 2.04 bits per heavy atom. The molecule has 1 saturated heterocycles. The number of methoxy groups -OCH3 is 1. The van der Waals surface area contributed by atoms with Crippen LogP contribution in [0.15, 0.2) is 30.3 Å². The third kappa shape index (κ3) is 5.89. The van der Waals surface area contributed by atoms with Crippen LogP contribution in [-0.4, -0.2) is 68.2 Å². The zero-order valence-electron chi connectivity index (χ0n) is 15.2. The molecule has 1 N–H and O–H groups in total. The average molecular weight is 333 g/mol. The molecule has 0 bridgehead atoms. The molecule has 0 aliphatic carbocycles. The van der Waals surface area contributed by atoms with Crippen LogP contribution in [0.4, 0.5) is 0 Å². The number of benzene rings is 1. The number of carbonyl (C=O) groups is 1. The van der Waals surface area contributed by atoms with Crippen LogP contribution in [0.25, 0.3) is 0 Å². The number of carbonyl (C=O) groups excluding carboxylic acids is 1. The van der Waals surface area contributed by atoms with Crippen LogP contribution in [0.1, 0.15) is 31.9 Å². The molecule has 0 radical (unpaired) electrons. The van der Waals surface area contributed by atoms with E-state index in [9.17, 15) is 4.79 Å². The van der Waals surface area contributed by atoms with Gasteiger partial charge in [0.25, 0.3) is 0 Å². The van der Waals surface area contributed by atoms with E-state index in [-0.39, 0.29) is 11.9 Å². The molecule has 5 heteroatoms. The smallest absolute Gasteiger partial charge is 0.221 e. The van der Waals surface area contributed by atoms with Gasteiger partial charge in [-0.05, 0) is 19.4 Å². The zero-order chi connectivity index (χ0) is 17.4. The molecule has 1 aromatic rings. The number of rotatable bonds is 8. The van der Waals surface area contributed by atoms with Gasteiger partial charge in [-0.25, -0.2) is 0 Å². The molecule has 1 fully saturated rings. The van der Waals surface area contributed by atoms with E-state index in [4.69, 9.17) is 4.74 Å². The molecule has 24 heavy (non-hydrogen) atoms. The summed E-state index contributed by atoms with van der Waals surface area (Å²) in [5.74, 6) is 0.126. The first kappa shape index (κ1) is 18.9. The summed E-state index contributed by atoms with van der Waals surface area (Å²) in [4.78, 5) is 17.0. The molecular weight excluding hydrogens is 302 g/mol. The van der Waals surface area contributed by atoms with Gasteiger partial charge in [-0.2, -0.15) is 0 Å². The lowest BCUT2D eigenvalue weighted by molar-refractivity contribution is -0.122. The van der Waals surface area contributed by atoms with Gasteiger partial charge in [0, 0.05) is 52.3 Å². The first-order valence-corrected chi connectivity index (χ1v) is 8.89. The molecular formula is C19H31N3O2. The van der Waals surface area contributed by atoms with E-state index in [1.807, 2.05) is 37.3 Å². The van der Waals surface area contributed by atoms with Crippen LogP contribution >= 0.6 is 0 Å². The molecule has 0 saturated carbocycles. The van der Waals surface area contributed by atoms with Crippen LogP contribution in [0.5, 0.6) is 0 Å². The van der Waals surface area contributed by atoms with Crippen molar-refractivity contribution in [1.82, 2.24) is 15.1 Å². The Morgan fingerprint density at radius 3 is 2.71 bits per heavy atom. The summed E-state index contributed by atoms with van der Waals surface area (Å²) in [5, 5.41) is 3.09. The molecule has 0 unspecified atom stereocenters. The number of hydrogen-bond acceptors (Lipinski definition) is 4. The van der Waals surface area contributed by atoms with Gasteiger partial charge in [0.1, 0.15) is 0 Å². The molecule has 5 nitrogen and oxygen atoms in total.